The predicted octanol–water partition coefficient (Wildman–Crippen LogP) is 1.36. The molecule has 1 unspecified atom stereocenters. The van der Waals surface area contributed by atoms with Crippen molar-refractivity contribution in [3.05, 3.63) is 28.2 Å². The molecule has 0 aromatic heterocycles. The standard InChI is InChI=1S/C11H18BrN3O2S/c1-18(16,17)6-2-3-11(15-14)9-7-8(12)4-5-10(9)13/h4-5,7,11,15H,2-3,6,13-14H2,1H3. The van der Waals surface area contributed by atoms with Gasteiger partial charge in [0.05, 0.1) is 0 Å². The largest absolute Gasteiger partial charge is 0.398 e. The Kier molecular flexibility index (Phi) is 5.58. The van der Waals surface area contributed by atoms with Gasteiger partial charge in [-0.15, -0.1) is 0 Å². The van der Waals surface area contributed by atoms with Crippen LogP contribution in [0.3, 0.4) is 0 Å². The normalized spacial score (nSPS) is 13.5. The van der Waals surface area contributed by atoms with Crippen molar-refractivity contribution in [3.8, 4) is 0 Å². The van der Waals surface area contributed by atoms with Crippen LogP contribution in [0.25, 0.3) is 0 Å². The van der Waals surface area contributed by atoms with Crippen molar-refractivity contribution in [2.24, 2.45) is 5.84 Å². The van der Waals surface area contributed by atoms with Crippen LogP contribution in [-0.4, -0.2) is 20.4 Å². The molecule has 5 nitrogen and oxygen atoms in total. The molecule has 0 fully saturated rings. The third-order valence-electron chi connectivity index (χ3n) is 2.63. The monoisotopic (exact) mass is 335 g/mol. The summed E-state index contributed by atoms with van der Waals surface area (Å²) in [6.07, 6.45) is 2.38. The van der Waals surface area contributed by atoms with Crippen LogP contribution in [0.2, 0.25) is 0 Å². The minimum Gasteiger partial charge on any atom is -0.398 e. The van der Waals surface area contributed by atoms with E-state index >= 15 is 0 Å². The van der Waals surface area contributed by atoms with Crippen LogP contribution in [0, 0.1) is 0 Å². The molecule has 18 heavy (non-hydrogen) atoms. The lowest BCUT2D eigenvalue weighted by atomic mass is 10.0. The van der Waals surface area contributed by atoms with Crippen molar-refractivity contribution < 1.29 is 8.42 Å². The fourth-order valence-corrected chi connectivity index (χ4v) is 2.80. The van der Waals surface area contributed by atoms with Gasteiger partial charge in [-0.3, -0.25) is 11.3 Å². The molecule has 7 heteroatoms. The van der Waals surface area contributed by atoms with Gasteiger partial charge in [-0.25, -0.2) is 8.42 Å². The van der Waals surface area contributed by atoms with Crippen molar-refractivity contribution in [1.82, 2.24) is 5.43 Å². The number of rotatable bonds is 6. The lowest BCUT2D eigenvalue weighted by Gasteiger charge is -2.18. The Morgan fingerprint density at radius 3 is 2.67 bits per heavy atom. The first-order valence-electron chi connectivity index (χ1n) is 5.52. The summed E-state index contributed by atoms with van der Waals surface area (Å²) in [4.78, 5) is 0. The van der Waals surface area contributed by atoms with E-state index in [2.05, 4.69) is 21.4 Å². The molecule has 0 saturated carbocycles. The molecule has 0 saturated heterocycles. The molecule has 0 amide bonds. The first kappa shape index (κ1) is 15.4. The number of nitrogens with two attached hydrogens (primary N) is 2. The molecule has 1 atom stereocenters. The molecule has 0 radical (unpaired) electrons. The smallest absolute Gasteiger partial charge is 0.147 e. The zero-order valence-corrected chi connectivity index (χ0v) is 12.6. The first-order chi connectivity index (χ1) is 8.33. The number of hydrazine groups is 1. The summed E-state index contributed by atoms with van der Waals surface area (Å²) < 4.78 is 23.1. The average molecular weight is 336 g/mol. The lowest BCUT2D eigenvalue weighted by molar-refractivity contribution is 0.509. The summed E-state index contributed by atoms with van der Waals surface area (Å²) in [6, 6.07) is 5.38. The van der Waals surface area contributed by atoms with Gasteiger partial charge in [-0.05, 0) is 36.6 Å². The van der Waals surface area contributed by atoms with Crippen LogP contribution < -0.4 is 17.0 Å². The summed E-state index contributed by atoms with van der Waals surface area (Å²) in [6.45, 7) is 0. The first-order valence-corrected chi connectivity index (χ1v) is 8.37. The topological polar surface area (TPSA) is 98.2 Å². The highest BCUT2D eigenvalue weighted by Gasteiger charge is 2.14. The Hall–Kier alpha value is -0.630. The molecule has 0 bridgehead atoms. The third kappa shape index (κ3) is 4.93. The molecule has 0 aliphatic carbocycles. The molecule has 1 rings (SSSR count). The second kappa shape index (κ2) is 6.51. The SMILES string of the molecule is CS(=O)(=O)CCCC(NN)c1cc(Br)ccc1N. The van der Waals surface area contributed by atoms with E-state index in [1.807, 2.05) is 12.1 Å². The molecular formula is C11H18BrN3O2S. The molecular weight excluding hydrogens is 318 g/mol. The Balaban J connectivity index is 2.74. The van der Waals surface area contributed by atoms with Gasteiger partial charge in [0.2, 0.25) is 0 Å². The van der Waals surface area contributed by atoms with E-state index in [1.54, 1.807) is 6.07 Å². The molecule has 1 aromatic carbocycles. The molecule has 0 spiro atoms. The number of hydrogen-bond donors (Lipinski definition) is 3. The lowest BCUT2D eigenvalue weighted by Crippen LogP contribution is -2.29. The minimum atomic E-state index is -2.94. The van der Waals surface area contributed by atoms with E-state index in [0.717, 1.165) is 10.0 Å². The van der Waals surface area contributed by atoms with Crippen molar-refractivity contribution in [2.45, 2.75) is 18.9 Å². The quantitative estimate of drug-likeness (QED) is 0.414. The van der Waals surface area contributed by atoms with Crippen LogP contribution in [0.5, 0.6) is 0 Å². The van der Waals surface area contributed by atoms with Gasteiger partial charge in [-0.1, -0.05) is 15.9 Å². The van der Waals surface area contributed by atoms with Gasteiger partial charge in [0, 0.05) is 28.2 Å². The van der Waals surface area contributed by atoms with E-state index in [0.29, 0.717) is 18.5 Å². The van der Waals surface area contributed by atoms with Crippen LogP contribution in [0.15, 0.2) is 22.7 Å². The number of nitrogens with one attached hydrogen (secondary N) is 1. The fraction of sp³-hybridized carbons (Fsp3) is 0.455. The summed E-state index contributed by atoms with van der Waals surface area (Å²) in [5.41, 5.74) is 10.1. The number of nitrogen functional groups attached to an aromatic ring is 1. The summed E-state index contributed by atoms with van der Waals surface area (Å²) in [5.74, 6) is 5.66. The fourth-order valence-electron chi connectivity index (χ4n) is 1.73. The van der Waals surface area contributed by atoms with Crippen molar-refractivity contribution in [2.75, 3.05) is 17.7 Å². The average Bonchev–Trinajstić information content (AvgIpc) is 2.27. The summed E-state index contributed by atoms with van der Waals surface area (Å²) >= 11 is 3.37. The number of halogens is 1. The summed E-state index contributed by atoms with van der Waals surface area (Å²) in [5, 5.41) is 0. The predicted molar refractivity (Wildman–Crippen MR) is 77.6 cm³/mol. The molecule has 1 aromatic rings. The molecule has 5 N–H and O–H groups in total. The van der Waals surface area contributed by atoms with Crippen LogP contribution in [-0.2, 0) is 9.84 Å². The van der Waals surface area contributed by atoms with E-state index < -0.39 is 9.84 Å². The summed E-state index contributed by atoms with van der Waals surface area (Å²) in [7, 11) is -2.94. The molecule has 0 aliphatic heterocycles. The van der Waals surface area contributed by atoms with E-state index in [9.17, 15) is 8.42 Å². The minimum absolute atomic E-state index is 0.149. The third-order valence-corrected chi connectivity index (χ3v) is 4.16. The van der Waals surface area contributed by atoms with Crippen molar-refractivity contribution in [1.29, 1.82) is 0 Å². The highest BCUT2D eigenvalue weighted by Crippen LogP contribution is 2.27. The number of sulfone groups is 1. The zero-order chi connectivity index (χ0) is 13.8. The van der Waals surface area contributed by atoms with E-state index in [1.165, 1.54) is 6.26 Å². The van der Waals surface area contributed by atoms with Crippen molar-refractivity contribution in [3.63, 3.8) is 0 Å². The highest BCUT2D eigenvalue weighted by molar-refractivity contribution is 9.10. The Labute approximate surface area is 116 Å². The Morgan fingerprint density at radius 1 is 1.44 bits per heavy atom. The molecule has 0 aliphatic rings. The molecule has 102 valence electrons. The highest BCUT2D eigenvalue weighted by atomic mass is 79.9. The Bertz CT molecular complexity index is 505. The van der Waals surface area contributed by atoms with Gasteiger partial charge in [-0.2, -0.15) is 0 Å². The maximum Gasteiger partial charge on any atom is 0.147 e. The number of anilines is 1. The maximum atomic E-state index is 11.1. The van der Waals surface area contributed by atoms with E-state index in [4.69, 9.17) is 11.6 Å². The second-order valence-corrected chi connectivity index (χ2v) is 7.44. The van der Waals surface area contributed by atoms with E-state index in [-0.39, 0.29) is 11.8 Å². The van der Waals surface area contributed by atoms with Gasteiger partial charge in [0.15, 0.2) is 0 Å². The van der Waals surface area contributed by atoms with Gasteiger partial charge in [0.1, 0.15) is 9.84 Å². The van der Waals surface area contributed by atoms with Gasteiger partial charge >= 0.3 is 0 Å². The number of benzene rings is 1. The molecule has 0 heterocycles. The van der Waals surface area contributed by atoms with Crippen molar-refractivity contribution >= 4 is 31.5 Å². The zero-order valence-electron chi connectivity index (χ0n) is 10.2. The number of hydrogen-bond acceptors (Lipinski definition) is 5. The van der Waals surface area contributed by atoms with Crippen LogP contribution >= 0.6 is 15.9 Å². The maximum absolute atomic E-state index is 11.1. The second-order valence-electron chi connectivity index (χ2n) is 4.26. The van der Waals surface area contributed by atoms with Crippen LogP contribution in [0.1, 0.15) is 24.4 Å². The van der Waals surface area contributed by atoms with Gasteiger partial charge < -0.3 is 5.73 Å². The van der Waals surface area contributed by atoms with Gasteiger partial charge in [0.25, 0.3) is 0 Å². The van der Waals surface area contributed by atoms with Crippen LogP contribution in [0.4, 0.5) is 5.69 Å². The Morgan fingerprint density at radius 2 is 2.11 bits per heavy atom.